The highest BCUT2D eigenvalue weighted by Crippen LogP contribution is 2.42. The van der Waals surface area contributed by atoms with Gasteiger partial charge in [0.05, 0.1) is 5.69 Å². The van der Waals surface area contributed by atoms with Gasteiger partial charge >= 0.3 is 6.09 Å². The topological polar surface area (TPSA) is 107 Å². The first-order chi connectivity index (χ1) is 14.5. The van der Waals surface area contributed by atoms with Crippen LogP contribution in [0.15, 0.2) is 36.4 Å². The van der Waals surface area contributed by atoms with Crippen LogP contribution in [0.25, 0.3) is 16.3 Å². The van der Waals surface area contributed by atoms with Gasteiger partial charge in [-0.2, -0.15) is 0 Å². The average molecular weight is 405 g/mol. The van der Waals surface area contributed by atoms with Gasteiger partial charge in [0.25, 0.3) is 5.91 Å². The highest BCUT2D eigenvalue weighted by atomic mass is 16.4. The summed E-state index contributed by atoms with van der Waals surface area (Å²) < 4.78 is 0. The van der Waals surface area contributed by atoms with Crippen molar-refractivity contribution in [1.29, 1.82) is 0 Å². The Kier molecular flexibility index (Phi) is 4.09. The molecule has 4 amide bonds. The van der Waals surface area contributed by atoms with Crippen LogP contribution in [0.2, 0.25) is 0 Å². The third-order valence-corrected chi connectivity index (χ3v) is 6.07. The molecule has 0 aromatic heterocycles. The second kappa shape index (κ2) is 6.69. The van der Waals surface area contributed by atoms with Gasteiger partial charge in [-0.3, -0.25) is 24.6 Å². The highest BCUT2D eigenvalue weighted by molar-refractivity contribution is 6.28. The van der Waals surface area contributed by atoms with Crippen molar-refractivity contribution in [2.45, 2.75) is 25.3 Å². The van der Waals surface area contributed by atoms with Gasteiger partial charge in [0, 0.05) is 30.5 Å². The van der Waals surface area contributed by atoms with Gasteiger partial charge in [-0.25, -0.2) is 4.79 Å². The number of benzene rings is 2. The Bertz CT molecular complexity index is 1170. The molecule has 3 aliphatic heterocycles. The lowest BCUT2D eigenvalue weighted by molar-refractivity contribution is -0.134. The van der Waals surface area contributed by atoms with Gasteiger partial charge in [-0.1, -0.05) is 24.3 Å². The summed E-state index contributed by atoms with van der Waals surface area (Å²) in [4.78, 5) is 51.2. The van der Waals surface area contributed by atoms with Crippen molar-refractivity contribution < 1.29 is 24.3 Å². The highest BCUT2D eigenvalue weighted by Gasteiger charge is 2.40. The number of hydrogen-bond donors (Lipinski definition) is 2. The van der Waals surface area contributed by atoms with Crippen LogP contribution >= 0.6 is 0 Å². The van der Waals surface area contributed by atoms with Gasteiger partial charge in [-0.05, 0) is 41.5 Å². The van der Waals surface area contributed by atoms with Crippen LogP contribution in [0, 0.1) is 0 Å². The molecule has 1 atom stereocenters. The summed E-state index contributed by atoms with van der Waals surface area (Å²) in [6, 6.07) is 8.59. The molecule has 0 radical (unpaired) electrons. The van der Waals surface area contributed by atoms with E-state index in [2.05, 4.69) is 5.32 Å². The molecule has 1 fully saturated rings. The number of carboxylic acid groups (broad SMARTS) is 1. The quantitative estimate of drug-likeness (QED) is 0.746. The minimum Gasteiger partial charge on any atom is -0.465 e. The van der Waals surface area contributed by atoms with Crippen LogP contribution in [0.1, 0.15) is 35.2 Å². The number of carbonyl (C=O) groups is 4. The SMILES string of the molecule is O=C1CCC(N2C(=O)c3ccc(C4=CCN(C(=O)O)CC4)c4cccc2c34)C(=O)N1. The number of piperidine rings is 1. The maximum atomic E-state index is 13.2. The van der Waals surface area contributed by atoms with E-state index in [-0.39, 0.29) is 18.2 Å². The zero-order valence-corrected chi connectivity index (χ0v) is 16.1. The van der Waals surface area contributed by atoms with E-state index in [0.29, 0.717) is 37.2 Å². The Labute approximate surface area is 171 Å². The fraction of sp³-hybridized carbons (Fsp3) is 0.273. The summed E-state index contributed by atoms with van der Waals surface area (Å²) >= 11 is 0. The molecule has 2 aromatic carbocycles. The van der Waals surface area contributed by atoms with E-state index in [0.717, 1.165) is 21.9 Å². The Morgan fingerprint density at radius 1 is 1.07 bits per heavy atom. The van der Waals surface area contributed by atoms with Crippen LogP contribution in [-0.2, 0) is 9.59 Å². The zero-order chi connectivity index (χ0) is 21.0. The van der Waals surface area contributed by atoms with Gasteiger partial charge in [-0.15, -0.1) is 0 Å². The molecular weight excluding hydrogens is 386 g/mol. The lowest BCUT2D eigenvalue weighted by atomic mass is 9.92. The van der Waals surface area contributed by atoms with E-state index >= 15 is 0 Å². The third-order valence-electron chi connectivity index (χ3n) is 6.07. The minimum atomic E-state index is -0.934. The standard InChI is InChI=1S/C22H19N3O5/c26-18-7-6-17(20(27)23-18)25-16-3-1-2-14-13(4-5-15(19(14)16)21(25)28)12-8-10-24(11-9-12)22(29)30/h1-5,8,17H,6-7,9-11H2,(H,29,30)(H,23,26,27). The number of hydrogen-bond acceptors (Lipinski definition) is 4. The summed E-state index contributed by atoms with van der Waals surface area (Å²) in [5.74, 6) is -1.01. The molecule has 0 bridgehead atoms. The van der Waals surface area contributed by atoms with E-state index in [1.807, 2.05) is 30.3 Å². The van der Waals surface area contributed by atoms with Crippen molar-refractivity contribution in [3.8, 4) is 0 Å². The number of rotatable bonds is 2. The fourth-order valence-corrected chi connectivity index (χ4v) is 4.61. The van der Waals surface area contributed by atoms with Crippen LogP contribution in [0.3, 0.4) is 0 Å². The van der Waals surface area contributed by atoms with Crippen molar-refractivity contribution in [3.63, 3.8) is 0 Å². The molecule has 3 aliphatic rings. The van der Waals surface area contributed by atoms with E-state index in [9.17, 15) is 19.2 Å². The summed E-state index contributed by atoms with van der Waals surface area (Å²) in [6.45, 7) is 0.750. The van der Waals surface area contributed by atoms with Gasteiger partial charge in [0.1, 0.15) is 6.04 Å². The number of nitrogens with one attached hydrogen (secondary N) is 1. The summed E-state index contributed by atoms with van der Waals surface area (Å²) in [5, 5.41) is 13.2. The monoisotopic (exact) mass is 405 g/mol. The molecule has 1 saturated heterocycles. The first-order valence-electron chi connectivity index (χ1n) is 9.86. The Hall–Kier alpha value is -3.68. The van der Waals surface area contributed by atoms with Crippen molar-refractivity contribution in [3.05, 3.63) is 47.5 Å². The molecule has 5 rings (SSSR count). The van der Waals surface area contributed by atoms with Crippen molar-refractivity contribution in [2.24, 2.45) is 0 Å². The molecule has 30 heavy (non-hydrogen) atoms. The molecular formula is C22H19N3O5. The Balaban J connectivity index is 1.58. The Morgan fingerprint density at radius 3 is 2.57 bits per heavy atom. The van der Waals surface area contributed by atoms with Gasteiger partial charge < -0.3 is 10.0 Å². The maximum Gasteiger partial charge on any atom is 0.407 e. The number of anilines is 1. The number of imide groups is 1. The second-order valence-electron chi connectivity index (χ2n) is 7.71. The molecule has 2 aromatic rings. The molecule has 2 N–H and O–H groups in total. The smallest absolute Gasteiger partial charge is 0.407 e. The lowest BCUT2D eigenvalue weighted by Gasteiger charge is -2.30. The number of nitrogens with zero attached hydrogens (tertiary/aromatic N) is 2. The molecule has 0 saturated carbocycles. The molecule has 0 aliphatic carbocycles. The predicted octanol–water partition coefficient (Wildman–Crippen LogP) is 2.37. The van der Waals surface area contributed by atoms with Gasteiger partial charge in [0.15, 0.2) is 0 Å². The summed E-state index contributed by atoms with van der Waals surface area (Å²) in [6.07, 6.45) is 2.07. The minimum absolute atomic E-state index is 0.199. The normalized spacial score (nSPS) is 21.1. The predicted molar refractivity (Wildman–Crippen MR) is 109 cm³/mol. The molecule has 152 valence electrons. The van der Waals surface area contributed by atoms with Crippen LogP contribution in [-0.4, -0.2) is 53.0 Å². The third kappa shape index (κ3) is 2.67. The zero-order valence-electron chi connectivity index (χ0n) is 16.1. The number of carbonyl (C=O) groups excluding carboxylic acids is 3. The number of amides is 4. The van der Waals surface area contributed by atoms with E-state index in [1.165, 1.54) is 9.80 Å². The second-order valence-corrected chi connectivity index (χ2v) is 7.71. The average Bonchev–Trinajstić information content (AvgIpc) is 3.02. The first kappa shape index (κ1) is 18.4. The van der Waals surface area contributed by atoms with E-state index in [1.54, 1.807) is 6.07 Å². The van der Waals surface area contributed by atoms with Crippen molar-refractivity contribution in [2.75, 3.05) is 18.0 Å². The van der Waals surface area contributed by atoms with Crippen LogP contribution in [0.5, 0.6) is 0 Å². The lowest BCUT2D eigenvalue weighted by Crippen LogP contribution is -2.53. The maximum absolute atomic E-state index is 13.2. The van der Waals surface area contributed by atoms with Crippen molar-refractivity contribution >= 4 is 45.8 Å². The molecule has 8 heteroatoms. The van der Waals surface area contributed by atoms with Crippen molar-refractivity contribution in [1.82, 2.24) is 10.2 Å². The first-order valence-corrected chi connectivity index (χ1v) is 9.86. The van der Waals surface area contributed by atoms with Crippen LogP contribution < -0.4 is 10.2 Å². The fourth-order valence-electron chi connectivity index (χ4n) is 4.61. The summed E-state index contributed by atoms with van der Waals surface area (Å²) in [7, 11) is 0. The Morgan fingerprint density at radius 2 is 1.87 bits per heavy atom. The molecule has 8 nitrogen and oxygen atoms in total. The molecule has 1 unspecified atom stereocenters. The molecule has 3 heterocycles. The largest absolute Gasteiger partial charge is 0.465 e. The van der Waals surface area contributed by atoms with E-state index in [4.69, 9.17) is 5.11 Å². The van der Waals surface area contributed by atoms with E-state index < -0.39 is 18.0 Å². The van der Waals surface area contributed by atoms with Crippen LogP contribution in [0.4, 0.5) is 10.5 Å². The summed E-state index contributed by atoms with van der Waals surface area (Å²) in [5.41, 5.74) is 3.23. The molecule has 0 spiro atoms. The van der Waals surface area contributed by atoms with Gasteiger partial charge in [0.2, 0.25) is 11.8 Å².